The van der Waals surface area contributed by atoms with Crippen molar-refractivity contribution in [1.29, 1.82) is 0 Å². The molecule has 2 heterocycles. The Morgan fingerprint density at radius 3 is 2.74 bits per heavy atom. The first-order valence-electron chi connectivity index (χ1n) is 7.54. The predicted molar refractivity (Wildman–Crippen MR) is 89.1 cm³/mol. The molecule has 0 aliphatic carbocycles. The van der Waals surface area contributed by atoms with Crippen molar-refractivity contribution in [3.05, 3.63) is 47.9 Å². The Labute approximate surface area is 136 Å². The van der Waals surface area contributed by atoms with E-state index in [2.05, 4.69) is 30.7 Å². The summed E-state index contributed by atoms with van der Waals surface area (Å²) in [7, 11) is 4.08. The van der Waals surface area contributed by atoms with Crippen molar-refractivity contribution in [3.63, 3.8) is 0 Å². The van der Waals surface area contributed by atoms with E-state index < -0.39 is 0 Å². The van der Waals surface area contributed by atoms with Crippen LogP contribution >= 0.6 is 0 Å². The highest BCUT2D eigenvalue weighted by Crippen LogP contribution is 2.03. The average molecular weight is 314 g/mol. The minimum atomic E-state index is -0.250. The van der Waals surface area contributed by atoms with Gasteiger partial charge in [-0.25, -0.2) is 0 Å². The first kappa shape index (κ1) is 16.8. The minimum Gasteiger partial charge on any atom is -0.369 e. The molecule has 0 unspecified atom stereocenters. The smallest absolute Gasteiger partial charge is 0.272 e. The molecular formula is C16H22N6O. The summed E-state index contributed by atoms with van der Waals surface area (Å²) in [4.78, 5) is 18.1. The summed E-state index contributed by atoms with van der Waals surface area (Å²) in [6.07, 6.45) is 4.43. The third-order valence-corrected chi connectivity index (χ3v) is 3.16. The average Bonchev–Trinajstić information content (AvgIpc) is 2.58. The first-order valence-corrected chi connectivity index (χ1v) is 7.54. The van der Waals surface area contributed by atoms with Crippen molar-refractivity contribution >= 4 is 11.7 Å². The standard InChI is InChI=1S/C16H22N6O/c1-22(2)10-4-9-18-15-7-6-14(20-21-15)16(23)19-12-13-5-3-8-17-11-13/h3,5-8,11H,4,9-10,12H2,1-2H3,(H,18,21)(H,19,23). The van der Waals surface area contributed by atoms with Gasteiger partial charge >= 0.3 is 0 Å². The molecule has 2 aromatic heterocycles. The van der Waals surface area contributed by atoms with Gasteiger partial charge in [0, 0.05) is 25.5 Å². The van der Waals surface area contributed by atoms with E-state index in [-0.39, 0.29) is 5.91 Å². The molecule has 0 aromatic carbocycles. The second-order valence-electron chi connectivity index (χ2n) is 5.43. The van der Waals surface area contributed by atoms with Crippen molar-refractivity contribution in [2.45, 2.75) is 13.0 Å². The number of anilines is 1. The fourth-order valence-corrected chi connectivity index (χ4v) is 1.93. The van der Waals surface area contributed by atoms with Gasteiger partial charge in [-0.05, 0) is 50.8 Å². The molecule has 1 amide bonds. The minimum absolute atomic E-state index is 0.250. The summed E-state index contributed by atoms with van der Waals surface area (Å²) in [5.41, 5.74) is 1.24. The van der Waals surface area contributed by atoms with Gasteiger partial charge in [0.1, 0.15) is 5.82 Å². The van der Waals surface area contributed by atoms with Gasteiger partial charge in [0.2, 0.25) is 0 Å². The number of nitrogens with zero attached hydrogens (tertiary/aromatic N) is 4. The molecule has 2 aromatic rings. The topological polar surface area (TPSA) is 83.0 Å². The maximum absolute atomic E-state index is 12.0. The van der Waals surface area contributed by atoms with Crippen LogP contribution in [0.25, 0.3) is 0 Å². The van der Waals surface area contributed by atoms with Gasteiger partial charge in [0.25, 0.3) is 5.91 Å². The summed E-state index contributed by atoms with van der Waals surface area (Å²) in [6, 6.07) is 7.17. The quantitative estimate of drug-likeness (QED) is 0.712. The Morgan fingerprint density at radius 2 is 2.09 bits per heavy atom. The van der Waals surface area contributed by atoms with Gasteiger partial charge in [-0.3, -0.25) is 9.78 Å². The summed E-state index contributed by atoms with van der Waals surface area (Å²) in [5.74, 6) is 0.424. The van der Waals surface area contributed by atoms with Crippen LogP contribution in [0.2, 0.25) is 0 Å². The molecule has 0 saturated heterocycles. The molecule has 23 heavy (non-hydrogen) atoms. The van der Waals surface area contributed by atoms with Crippen molar-refractivity contribution in [2.24, 2.45) is 0 Å². The summed E-state index contributed by atoms with van der Waals surface area (Å²) >= 11 is 0. The van der Waals surface area contributed by atoms with E-state index in [1.54, 1.807) is 24.5 Å². The van der Waals surface area contributed by atoms with Gasteiger partial charge in [-0.2, -0.15) is 0 Å². The second kappa shape index (κ2) is 8.79. The van der Waals surface area contributed by atoms with Crippen LogP contribution in [0.3, 0.4) is 0 Å². The van der Waals surface area contributed by atoms with Crippen LogP contribution in [0.4, 0.5) is 5.82 Å². The highest BCUT2D eigenvalue weighted by atomic mass is 16.1. The number of carbonyl (C=O) groups excluding carboxylic acids is 1. The van der Waals surface area contributed by atoms with Crippen LogP contribution in [0.15, 0.2) is 36.7 Å². The fourth-order valence-electron chi connectivity index (χ4n) is 1.93. The molecule has 2 rings (SSSR count). The number of rotatable bonds is 8. The molecule has 0 aliphatic rings. The summed E-state index contributed by atoms with van der Waals surface area (Å²) < 4.78 is 0. The number of amides is 1. The zero-order valence-corrected chi connectivity index (χ0v) is 13.5. The van der Waals surface area contributed by atoms with Gasteiger partial charge in [0.05, 0.1) is 0 Å². The van der Waals surface area contributed by atoms with Crippen molar-refractivity contribution in [2.75, 3.05) is 32.5 Å². The van der Waals surface area contributed by atoms with Crippen LogP contribution in [0, 0.1) is 0 Å². The third kappa shape index (κ3) is 5.99. The first-order chi connectivity index (χ1) is 11.1. The molecule has 0 spiro atoms. The van der Waals surface area contributed by atoms with Crippen LogP contribution in [0.1, 0.15) is 22.5 Å². The zero-order valence-electron chi connectivity index (χ0n) is 13.5. The van der Waals surface area contributed by atoms with Crippen LogP contribution in [-0.4, -0.2) is 53.2 Å². The molecule has 0 fully saturated rings. The maximum atomic E-state index is 12.0. The number of pyridine rings is 1. The molecule has 122 valence electrons. The SMILES string of the molecule is CN(C)CCCNc1ccc(C(=O)NCc2cccnc2)nn1. The third-order valence-electron chi connectivity index (χ3n) is 3.16. The van der Waals surface area contributed by atoms with Crippen molar-refractivity contribution < 1.29 is 4.79 Å². The summed E-state index contributed by atoms with van der Waals surface area (Å²) in [5, 5.41) is 14.0. The van der Waals surface area contributed by atoms with E-state index in [9.17, 15) is 4.79 Å². The molecule has 0 atom stereocenters. The van der Waals surface area contributed by atoms with Gasteiger partial charge < -0.3 is 15.5 Å². The van der Waals surface area contributed by atoms with Gasteiger partial charge in [-0.1, -0.05) is 6.07 Å². The molecule has 7 nitrogen and oxygen atoms in total. The van der Waals surface area contributed by atoms with Crippen molar-refractivity contribution in [3.8, 4) is 0 Å². The number of hydrogen-bond donors (Lipinski definition) is 2. The molecule has 7 heteroatoms. The molecular weight excluding hydrogens is 292 g/mol. The van der Waals surface area contributed by atoms with Crippen LogP contribution in [0.5, 0.6) is 0 Å². The fraction of sp³-hybridized carbons (Fsp3) is 0.375. The van der Waals surface area contributed by atoms with E-state index in [0.29, 0.717) is 18.1 Å². The normalized spacial score (nSPS) is 10.6. The molecule has 0 aliphatic heterocycles. The lowest BCUT2D eigenvalue weighted by molar-refractivity contribution is 0.0945. The van der Waals surface area contributed by atoms with E-state index in [1.165, 1.54) is 0 Å². The van der Waals surface area contributed by atoms with Crippen LogP contribution < -0.4 is 10.6 Å². The molecule has 0 saturated carbocycles. The second-order valence-corrected chi connectivity index (χ2v) is 5.43. The van der Waals surface area contributed by atoms with E-state index in [4.69, 9.17) is 0 Å². The van der Waals surface area contributed by atoms with Crippen LogP contribution in [-0.2, 0) is 6.54 Å². The van der Waals surface area contributed by atoms with E-state index in [0.717, 1.165) is 25.1 Å². The lowest BCUT2D eigenvalue weighted by Gasteiger charge is -2.10. The molecule has 2 N–H and O–H groups in total. The Kier molecular flexibility index (Phi) is 6.43. The Hall–Kier alpha value is -2.54. The Bertz CT molecular complexity index is 600. The Morgan fingerprint density at radius 1 is 1.22 bits per heavy atom. The summed E-state index contributed by atoms with van der Waals surface area (Å²) in [6.45, 7) is 2.24. The number of nitrogens with one attached hydrogen (secondary N) is 2. The van der Waals surface area contributed by atoms with E-state index in [1.807, 2.05) is 26.2 Å². The largest absolute Gasteiger partial charge is 0.369 e. The zero-order chi connectivity index (χ0) is 16.5. The number of carbonyl (C=O) groups is 1. The lowest BCUT2D eigenvalue weighted by Crippen LogP contribution is -2.24. The molecule has 0 bridgehead atoms. The lowest BCUT2D eigenvalue weighted by atomic mass is 10.3. The highest BCUT2D eigenvalue weighted by Gasteiger charge is 2.07. The van der Waals surface area contributed by atoms with Crippen molar-refractivity contribution in [1.82, 2.24) is 25.4 Å². The number of hydrogen-bond acceptors (Lipinski definition) is 6. The predicted octanol–water partition coefficient (Wildman–Crippen LogP) is 1.17. The molecule has 0 radical (unpaired) electrons. The van der Waals surface area contributed by atoms with E-state index >= 15 is 0 Å². The van der Waals surface area contributed by atoms with Gasteiger partial charge in [-0.15, -0.1) is 10.2 Å². The maximum Gasteiger partial charge on any atom is 0.272 e. The highest BCUT2D eigenvalue weighted by molar-refractivity contribution is 5.92. The monoisotopic (exact) mass is 314 g/mol. The Balaban J connectivity index is 1.78. The number of aromatic nitrogens is 3. The van der Waals surface area contributed by atoms with Gasteiger partial charge in [0.15, 0.2) is 5.69 Å².